The Morgan fingerprint density at radius 3 is 1.38 bits per heavy atom. The van der Waals surface area contributed by atoms with Crippen molar-refractivity contribution < 1.29 is 9.47 Å². The molecule has 1 rings (SSSR count). The van der Waals surface area contributed by atoms with E-state index in [0.717, 1.165) is 26.4 Å². The second kappa shape index (κ2) is 17.0. The zero-order valence-electron chi connectivity index (χ0n) is 18.2. The van der Waals surface area contributed by atoms with Crippen molar-refractivity contribution in [3.63, 3.8) is 0 Å². The fourth-order valence-corrected chi connectivity index (χ4v) is 3.82. The Bertz CT molecular complexity index is 280. The van der Waals surface area contributed by atoms with Gasteiger partial charge in [-0.3, -0.25) is 0 Å². The highest BCUT2D eigenvalue weighted by molar-refractivity contribution is 4.83. The van der Waals surface area contributed by atoms with Crippen LogP contribution in [-0.4, -0.2) is 26.4 Å². The van der Waals surface area contributed by atoms with Gasteiger partial charge in [-0.2, -0.15) is 0 Å². The number of hydrogen-bond acceptors (Lipinski definition) is 2. The smallest absolute Gasteiger partial charge is 0.0566 e. The van der Waals surface area contributed by atoms with Crippen molar-refractivity contribution in [1.29, 1.82) is 0 Å². The van der Waals surface area contributed by atoms with Crippen LogP contribution in [0.2, 0.25) is 0 Å². The number of hydrogen-bond donors (Lipinski definition) is 0. The van der Waals surface area contributed by atoms with Gasteiger partial charge in [0.1, 0.15) is 0 Å². The van der Waals surface area contributed by atoms with Crippen molar-refractivity contribution >= 4 is 0 Å². The topological polar surface area (TPSA) is 18.5 Å². The number of unbranched alkanes of at least 4 members (excludes halogenated alkanes) is 15. The maximum absolute atomic E-state index is 5.87. The summed E-state index contributed by atoms with van der Waals surface area (Å²) < 4.78 is 11.2. The Labute approximate surface area is 164 Å². The minimum Gasteiger partial charge on any atom is -0.381 e. The summed E-state index contributed by atoms with van der Waals surface area (Å²) in [5.41, 5.74) is 0.356. The highest BCUT2D eigenvalue weighted by Crippen LogP contribution is 2.31. The SMILES string of the molecule is CCCCCCCCCCCCCCCCCCOCC1(CC)COC1. The van der Waals surface area contributed by atoms with E-state index >= 15 is 0 Å². The first-order valence-electron chi connectivity index (χ1n) is 12.0. The van der Waals surface area contributed by atoms with Crippen LogP contribution in [0.15, 0.2) is 0 Å². The zero-order chi connectivity index (χ0) is 18.8. The molecular weight excluding hydrogens is 320 g/mol. The first-order chi connectivity index (χ1) is 12.8. The van der Waals surface area contributed by atoms with Crippen LogP contribution >= 0.6 is 0 Å². The maximum Gasteiger partial charge on any atom is 0.0566 e. The minimum absolute atomic E-state index is 0.356. The first kappa shape index (κ1) is 24.0. The van der Waals surface area contributed by atoms with Crippen LogP contribution in [0.1, 0.15) is 123 Å². The lowest BCUT2D eigenvalue weighted by Crippen LogP contribution is -2.45. The van der Waals surface area contributed by atoms with E-state index in [9.17, 15) is 0 Å². The van der Waals surface area contributed by atoms with E-state index in [0.29, 0.717) is 5.41 Å². The Balaban J connectivity index is 1.67. The summed E-state index contributed by atoms with van der Waals surface area (Å²) in [6, 6.07) is 0. The number of rotatable bonds is 20. The minimum atomic E-state index is 0.356. The van der Waals surface area contributed by atoms with E-state index in [-0.39, 0.29) is 0 Å². The lowest BCUT2D eigenvalue weighted by Gasteiger charge is -2.40. The molecule has 0 aromatic rings. The molecular formula is C24H48O2. The van der Waals surface area contributed by atoms with Gasteiger partial charge >= 0.3 is 0 Å². The molecule has 1 aliphatic heterocycles. The van der Waals surface area contributed by atoms with Crippen LogP contribution in [0.5, 0.6) is 0 Å². The highest BCUT2D eigenvalue weighted by Gasteiger charge is 2.36. The normalized spacial score (nSPS) is 15.9. The van der Waals surface area contributed by atoms with E-state index in [2.05, 4.69) is 13.8 Å². The quantitative estimate of drug-likeness (QED) is 0.205. The summed E-state index contributed by atoms with van der Waals surface area (Å²) in [6.45, 7) is 8.21. The molecule has 156 valence electrons. The third-order valence-electron chi connectivity index (χ3n) is 6.12. The van der Waals surface area contributed by atoms with Crippen LogP contribution < -0.4 is 0 Å². The van der Waals surface area contributed by atoms with Crippen molar-refractivity contribution in [2.45, 2.75) is 123 Å². The van der Waals surface area contributed by atoms with Gasteiger partial charge in [0.05, 0.1) is 19.8 Å². The molecule has 0 aromatic carbocycles. The molecule has 0 radical (unpaired) electrons. The van der Waals surface area contributed by atoms with Gasteiger partial charge < -0.3 is 9.47 Å². The van der Waals surface area contributed by atoms with Gasteiger partial charge in [-0.25, -0.2) is 0 Å². The molecule has 0 N–H and O–H groups in total. The van der Waals surface area contributed by atoms with Gasteiger partial charge in [0, 0.05) is 12.0 Å². The number of ether oxygens (including phenoxy) is 2. The first-order valence-corrected chi connectivity index (χ1v) is 12.0. The molecule has 0 aliphatic carbocycles. The summed E-state index contributed by atoms with van der Waals surface area (Å²) in [7, 11) is 0. The Kier molecular flexibility index (Phi) is 15.7. The third kappa shape index (κ3) is 12.3. The largest absolute Gasteiger partial charge is 0.381 e. The Hall–Kier alpha value is -0.0800. The van der Waals surface area contributed by atoms with Crippen molar-refractivity contribution in [2.24, 2.45) is 5.41 Å². The van der Waals surface area contributed by atoms with E-state index in [1.165, 1.54) is 109 Å². The molecule has 0 saturated carbocycles. The summed E-state index contributed by atoms with van der Waals surface area (Å²) in [6.07, 6.45) is 24.0. The van der Waals surface area contributed by atoms with E-state index < -0.39 is 0 Å². The molecule has 1 heterocycles. The summed E-state index contributed by atoms with van der Waals surface area (Å²) in [4.78, 5) is 0. The average molecular weight is 369 g/mol. The van der Waals surface area contributed by atoms with Crippen molar-refractivity contribution in [1.82, 2.24) is 0 Å². The predicted molar refractivity (Wildman–Crippen MR) is 114 cm³/mol. The Morgan fingerprint density at radius 2 is 1.04 bits per heavy atom. The molecule has 1 aliphatic rings. The van der Waals surface area contributed by atoms with Gasteiger partial charge in [-0.1, -0.05) is 110 Å². The van der Waals surface area contributed by atoms with E-state index in [1.807, 2.05) is 0 Å². The second-order valence-corrected chi connectivity index (χ2v) is 8.70. The molecule has 1 saturated heterocycles. The molecule has 0 amide bonds. The molecule has 0 bridgehead atoms. The van der Waals surface area contributed by atoms with Crippen LogP contribution in [0.25, 0.3) is 0 Å². The fraction of sp³-hybridized carbons (Fsp3) is 1.00. The highest BCUT2D eigenvalue weighted by atomic mass is 16.5. The lowest BCUT2D eigenvalue weighted by molar-refractivity contribution is -0.150. The standard InChI is InChI=1S/C24H48O2/c1-3-5-6-7-8-9-10-11-12-13-14-15-16-17-18-19-20-25-21-24(4-2)22-26-23-24/h3-23H2,1-2H3. The molecule has 0 unspecified atom stereocenters. The fourth-order valence-electron chi connectivity index (χ4n) is 3.82. The van der Waals surface area contributed by atoms with Crippen molar-refractivity contribution in [3.8, 4) is 0 Å². The van der Waals surface area contributed by atoms with Crippen LogP contribution in [0.3, 0.4) is 0 Å². The Morgan fingerprint density at radius 1 is 0.615 bits per heavy atom. The van der Waals surface area contributed by atoms with Gasteiger partial charge in [-0.15, -0.1) is 0 Å². The van der Waals surface area contributed by atoms with Gasteiger partial charge in [0.25, 0.3) is 0 Å². The maximum atomic E-state index is 5.87. The van der Waals surface area contributed by atoms with Gasteiger partial charge in [0.15, 0.2) is 0 Å². The van der Waals surface area contributed by atoms with Crippen molar-refractivity contribution in [3.05, 3.63) is 0 Å². The summed E-state index contributed by atoms with van der Waals surface area (Å²) in [5, 5.41) is 0. The van der Waals surface area contributed by atoms with Crippen molar-refractivity contribution in [2.75, 3.05) is 26.4 Å². The van der Waals surface area contributed by atoms with Crippen LogP contribution in [-0.2, 0) is 9.47 Å². The lowest BCUT2D eigenvalue weighted by atomic mass is 9.84. The molecule has 2 nitrogen and oxygen atoms in total. The molecule has 0 atom stereocenters. The molecule has 26 heavy (non-hydrogen) atoms. The third-order valence-corrected chi connectivity index (χ3v) is 6.12. The predicted octanol–water partition coefficient (Wildman–Crippen LogP) is 7.69. The van der Waals surface area contributed by atoms with Gasteiger partial charge in [0.2, 0.25) is 0 Å². The van der Waals surface area contributed by atoms with E-state index in [4.69, 9.17) is 9.47 Å². The van der Waals surface area contributed by atoms with Crippen LogP contribution in [0, 0.1) is 5.41 Å². The van der Waals surface area contributed by atoms with Gasteiger partial charge in [-0.05, 0) is 12.8 Å². The van der Waals surface area contributed by atoms with E-state index in [1.54, 1.807) is 0 Å². The summed E-state index contributed by atoms with van der Waals surface area (Å²) in [5.74, 6) is 0. The summed E-state index contributed by atoms with van der Waals surface area (Å²) >= 11 is 0. The molecule has 0 spiro atoms. The molecule has 1 fully saturated rings. The average Bonchev–Trinajstić information content (AvgIpc) is 2.62. The van der Waals surface area contributed by atoms with Crippen LogP contribution in [0.4, 0.5) is 0 Å². The monoisotopic (exact) mass is 368 g/mol. The second-order valence-electron chi connectivity index (χ2n) is 8.70. The molecule has 2 heteroatoms. The molecule has 0 aromatic heterocycles. The zero-order valence-corrected chi connectivity index (χ0v) is 18.2.